The highest BCUT2D eigenvalue weighted by molar-refractivity contribution is 7.53. The van der Waals surface area contributed by atoms with Gasteiger partial charge in [0.2, 0.25) is 0 Å². The van der Waals surface area contributed by atoms with Gasteiger partial charge in [-0.3, -0.25) is 4.57 Å². The van der Waals surface area contributed by atoms with E-state index in [2.05, 4.69) is 20.4 Å². The van der Waals surface area contributed by atoms with Crippen LogP contribution >= 0.6 is 7.60 Å². The van der Waals surface area contributed by atoms with Crippen LogP contribution in [-0.4, -0.2) is 13.2 Å². The SMILES string of the molecule is C=Cc1ccc(CP(=O)(OCCCC)OCCCC)cc1. The first-order valence-electron chi connectivity index (χ1n) is 7.73. The van der Waals surface area contributed by atoms with Gasteiger partial charge in [0.15, 0.2) is 0 Å². The molecule has 0 unspecified atom stereocenters. The summed E-state index contributed by atoms with van der Waals surface area (Å²) in [6, 6.07) is 7.83. The molecule has 0 N–H and O–H groups in total. The fourth-order valence-corrected chi connectivity index (χ4v) is 3.54. The molecule has 0 bridgehead atoms. The Labute approximate surface area is 128 Å². The van der Waals surface area contributed by atoms with E-state index in [-0.39, 0.29) is 0 Å². The third-order valence-corrected chi connectivity index (χ3v) is 5.07. The van der Waals surface area contributed by atoms with E-state index in [4.69, 9.17) is 9.05 Å². The first kappa shape index (κ1) is 18.2. The molecule has 0 aliphatic carbocycles. The van der Waals surface area contributed by atoms with Gasteiger partial charge in [0.05, 0.1) is 19.4 Å². The lowest BCUT2D eigenvalue weighted by Gasteiger charge is -2.18. The van der Waals surface area contributed by atoms with E-state index in [1.807, 2.05) is 24.3 Å². The van der Waals surface area contributed by atoms with Gasteiger partial charge in [-0.2, -0.15) is 0 Å². The van der Waals surface area contributed by atoms with Gasteiger partial charge in [0, 0.05) is 0 Å². The van der Waals surface area contributed by atoms with Crippen molar-refractivity contribution in [2.24, 2.45) is 0 Å². The van der Waals surface area contributed by atoms with Gasteiger partial charge >= 0.3 is 7.60 Å². The van der Waals surface area contributed by atoms with Crippen LogP contribution < -0.4 is 0 Å². The molecule has 0 aliphatic heterocycles. The van der Waals surface area contributed by atoms with Gasteiger partial charge in [-0.15, -0.1) is 0 Å². The first-order chi connectivity index (χ1) is 10.1. The lowest BCUT2D eigenvalue weighted by molar-refractivity contribution is 0.199. The quantitative estimate of drug-likeness (QED) is 0.391. The molecule has 0 saturated heterocycles. The third kappa shape index (κ3) is 7.08. The molecule has 0 atom stereocenters. The molecule has 0 heterocycles. The summed E-state index contributed by atoms with van der Waals surface area (Å²) in [6.45, 7) is 8.88. The van der Waals surface area contributed by atoms with Crippen molar-refractivity contribution in [3.63, 3.8) is 0 Å². The van der Waals surface area contributed by atoms with Crippen LogP contribution in [0.15, 0.2) is 30.8 Å². The zero-order valence-electron chi connectivity index (χ0n) is 13.2. The minimum absolute atomic E-state index is 0.331. The fraction of sp³-hybridized carbons (Fsp3) is 0.529. The van der Waals surface area contributed by atoms with E-state index in [9.17, 15) is 4.57 Å². The molecule has 1 aromatic carbocycles. The number of benzene rings is 1. The maximum atomic E-state index is 12.8. The summed E-state index contributed by atoms with van der Waals surface area (Å²) >= 11 is 0. The zero-order valence-corrected chi connectivity index (χ0v) is 14.1. The van der Waals surface area contributed by atoms with Gasteiger partial charge in [0.25, 0.3) is 0 Å². The molecule has 0 amide bonds. The minimum Gasteiger partial charge on any atom is -0.308 e. The summed E-state index contributed by atoms with van der Waals surface area (Å²) in [7, 11) is -3.05. The predicted octanol–water partition coefficient (Wildman–Crippen LogP) is 5.66. The van der Waals surface area contributed by atoms with Crippen molar-refractivity contribution in [1.29, 1.82) is 0 Å². The number of unbranched alkanes of at least 4 members (excludes halogenated alkanes) is 2. The molecule has 0 saturated carbocycles. The van der Waals surface area contributed by atoms with Crippen molar-refractivity contribution in [3.05, 3.63) is 42.0 Å². The van der Waals surface area contributed by atoms with Crippen LogP contribution in [0.3, 0.4) is 0 Å². The lowest BCUT2D eigenvalue weighted by atomic mass is 10.1. The maximum absolute atomic E-state index is 12.8. The Balaban J connectivity index is 2.69. The van der Waals surface area contributed by atoms with Crippen LogP contribution in [0.2, 0.25) is 0 Å². The van der Waals surface area contributed by atoms with Crippen molar-refractivity contribution in [2.45, 2.75) is 45.7 Å². The summed E-state index contributed by atoms with van der Waals surface area (Å²) < 4.78 is 24.0. The Morgan fingerprint density at radius 1 is 1.05 bits per heavy atom. The largest absolute Gasteiger partial charge is 0.335 e. The van der Waals surface area contributed by atoms with E-state index in [1.165, 1.54) is 0 Å². The highest BCUT2D eigenvalue weighted by Gasteiger charge is 2.24. The average molecular weight is 310 g/mol. The normalized spacial score (nSPS) is 11.5. The molecule has 3 nitrogen and oxygen atoms in total. The van der Waals surface area contributed by atoms with Crippen LogP contribution in [0, 0.1) is 0 Å². The van der Waals surface area contributed by atoms with Crippen LogP contribution in [0.1, 0.15) is 50.7 Å². The molecule has 4 heteroatoms. The van der Waals surface area contributed by atoms with E-state index in [0.717, 1.165) is 36.8 Å². The maximum Gasteiger partial charge on any atom is 0.335 e. The second kappa shape index (κ2) is 9.94. The first-order valence-corrected chi connectivity index (χ1v) is 9.46. The molecular weight excluding hydrogens is 283 g/mol. The second-order valence-electron chi connectivity index (χ2n) is 5.09. The van der Waals surface area contributed by atoms with E-state index in [1.54, 1.807) is 6.08 Å². The summed E-state index contributed by atoms with van der Waals surface area (Å²) in [5.41, 5.74) is 2.02. The molecule has 0 radical (unpaired) electrons. The van der Waals surface area contributed by atoms with Gasteiger partial charge in [-0.25, -0.2) is 0 Å². The Hall–Kier alpha value is -0.890. The summed E-state index contributed by atoms with van der Waals surface area (Å²) in [6.07, 6.45) is 5.95. The van der Waals surface area contributed by atoms with Crippen molar-refractivity contribution in [3.8, 4) is 0 Å². The van der Waals surface area contributed by atoms with Gasteiger partial charge < -0.3 is 9.05 Å². The summed E-state index contributed by atoms with van der Waals surface area (Å²) in [5.74, 6) is 0. The molecule has 1 rings (SSSR count). The lowest BCUT2D eigenvalue weighted by Crippen LogP contribution is -2.02. The minimum atomic E-state index is -3.05. The van der Waals surface area contributed by atoms with Crippen molar-refractivity contribution < 1.29 is 13.6 Å². The number of hydrogen-bond acceptors (Lipinski definition) is 3. The Morgan fingerprint density at radius 2 is 1.57 bits per heavy atom. The predicted molar refractivity (Wildman–Crippen MR) is 89.6 cm³/mol. The van der Waals surface area contributed by atoms with Gasteiger partial charge in [0.1, 0.15) is 0 Å². The number of hydrogen-bond donors (Lipinski definition) is 0. The van der Waals surface area contributed by atoms with Crippen molar-refractivity contribution >= 4 is 13.7 Å². The number of rotatable bonds is 11. The average Bonchev–Trinajstić information content (AvgIpc) is 2.48. The molecule has 1 aromatic rings. The highest BCUT2D eigenvalue weighted by Crippen LogP contribution is 2.51. The van der Waals surface area contributed by atoms with Crippen LogP contribution in [0.5, 0.6) is 0 Å². The van der Waals surface area contributed by atoms with E-state index >= 15 is 0 Å². The Kier molecular flexibility index (Phi) is 8.60. The second-order valence-corrected chi connectivity index (χ2v) is 7.14. The van der Waals surface area contributed by atoms with Crippen LogP contribution in [0.25, 0.3) is 6.08 Å². The molecular formula is C17H27O3P. The van der Waals surface area contributed by atoms with E-state index in [0.29, 0.717) is 19.4 Å². The standard InChI is InChI=1S/C17H27O3P/c1-4-7-13-19-21(18,20-14-8-5-2)15-17-11-9-16(6-3)10-12-17/h6,9-12H,3-5,7-8,13-15H2,1-2H3. The van der Waals surface area contributed by atoms with Crippen LogP contribution in [0.4, 0.5) is 0 Å². The fourth-order valence-electron chi connectivity index (χ4n) is 1.81. The molecule has 0 fully saturated rings. The summed E-state index contributed by atoms with van der Waals surface area (Å²) in [5, 5.41) is 0. The monoisotopic (exact) mass is 310 g/mol. The zero-order chi connectivity index (χ0) is 15.6. The third-order valence-electron chi connectivity index (χ3n) is 3.16. The molecule has 0 aromatic heterocycles. The topological polar surface area (TPSA) is 35.5 Å². The molecule has 21 heavy (non-hydrogen) atoms. The summed E-state index contributed by atoms with van der Waals surface area (Å²) in [4.78, 5) is 0. The van der Waals surface area contributed by atoms with E-state index < -0.39 is 7.60 Å². The molecule has 0 spiro atoms. The van der Waals surface area contributed by atoms with Crippen LogP contribution in [-0.2, 0) is 19.8 Å². The highest BCUT2D eigenvalue weighted by atomic mass is 31.2. The smallest absolute Gasteiger partial charge is 0.308 e. The van der Waals surface area contributed by atoms with Crippen molar-refractivity contribution in [2.75, 3.05) is 13.2 Å². The Morgan fingerprint density at radius 3 is 2.00 bits per heavy atom. The van der Waals surface area contributed by atoms with Gasteiger partial charge in [-0.1, -0.05) is 63.6 Å². The molecule has 118 valence electrons. The Bertz CT molecular complexity index is 440. The van der Waals surface area contributed by atoms with Gasteiger partial charge in [-0.05, 0) is 24.0 Å². The molecule has 0 aliphatic rings. The van der Waals surface area contributed by atoms with Crippen molar-refractivity contribution in [1.82, 2.24) is 0 Å².